The van der Waals surface area contributed by atoms with E-state index in [1.165, 1.54) is 0 Å². The molecule has 0 saturated carbocycles. The first-order valence-corrected chi connectivity index (χ1v) is 9.61. The Bertz CT molecular complexity index is 582. The number of alkyl carbamates (subject to hydrolysis) is 1. The second-order valence-electron chi connectivity index (χ2n) is 7.87. The quantitative estimate of drug-likeness (QED) is 0.332. The molecule has 2 atom stereocenters. The van der Waals surface area contributed by atoms with Crippen molar-refractivity contribution in [3.63, 3.8) is 0 Å². The summed E-state index contributed by atoms with van der Waals surface area (Å²) < 4.78 is 19.0. The Balaban J connectivity index is 4.28. The van der Waals surface area contributed by atoms with Gasteiger partial charge in [0.1, 0.15) is 6.04 Å². The van der Waals surface area contributed by atoms with Gasteiger partial charge in [0, 0.05) is 5.75 Å². The predicted molar refractivity (Wildman–Crippen MR) is 101 cm³/mol. The molecule has 0 aliphatic heterocycles. The van der Waals surface area contributed by atoms with Crippen LogP contribution in [-0.4, -0.2) is 65.2 Å². The fourth-order valence-electron chi connectivity index (χ4n) is 1.30. The summed E-state index contributed by atoms with van der Waals surface area (Å²) in [7, 11) is 0. The topological polar surface area (TPSA) is 158 Å². The Morgan fingerprint density at radius 1 is 0.897 bits per heavy atom. The van der Waals surface area contributed by atoms with E-state index >= 15 is 0 Å². The fourth-order valence-corrected chi connectivity index (χ4v) is 2.04. The van der Waals surface area contributed by atoms with E-state index in [1.54, 1.807) is 41.5 Å². The summed E-state index contributed by atoms with van der Waals surface area (Å²) in [6.45, 7) is 8.59. The van der Waals surface area contributed by atoms with Gasteiger partial charge in [0.25, 0.3) is 0 Å². The molecule has 0 aromatic carbocycles. The highest BCUT2D eigenvalue weighted by atomic mass is 32.2. The van der Waals surface area contributed by atoms with E-state index in [2.05, 4.69) is 10.1 Å². The molecule has 0 saturated heterocycles. The van der Waals surface area contributed by atoms with E-state index < -0.39 is 60.1 Å². The highest BCUT2D eigenvalue weighted by Gasteiger charge is 2.26. The zero-order valence-electron chi connectivity index (χ0n) is 17.3. The maximum absolute atomic E-state index is 11.6. The molecule has 1 unspecified atom stereocenters. The molecule has 0 rings (SSSR count). The Kier molecular flexibility index (Phi) is 11.0. The fraction of sp³-hybridized carbons (Fsp3) is 0.765. The molecular weight excluding hydrogens is 410 g/mol. The third-order valence-corrected chi connectivity index (χ3v) is 3.95. The van der Waals surface area contributed by atoms with Gasteiger partial charge >= 0.3 is 24.0 Å². The standard InChI is InChI=1S/C17H29NO10S/c1-16(2,3)12(21)25-8-27-14(23)18-10(11(19)20)7-29-15(24)28-9-26-13(22)17(4,5)6/h10,15,24H,7-9H2,1-6H3,(H,18,23)(H,19,20)/t10-,15?/m0/s1. The summed E-state index contributed by atoms with van der Waals surface area (Å²) in [5.74, 6) is -2.79. The molecule has 168 valence electrons. The second kappa shape index (κ2) is 11.8. The van der Waals surface area contributed by atoms with Crippen molar-refractivity contribution < 1.29 is 48.3 Å². The number of hydrogen-bond acceptors (Lipinski definition) is 10. The molecule has 11 nitrogen and oxygen atoms in total. The molecule has 0 spiro atoms. The maximum Gasteiger partial charge on any atom is 0.410 e. The average molecular weight is 439 g/mol. The van der Waals surface area contributed by atoms with Crippen LogP contribution in [0.15, 0.2) is 0 Å². The maximum atomic E-state index is 11.6. The van der Waals surface area contributed by atoms with Gasteiger partial charge in [-0.1, -0.05) is 11.8 Å². The molecule has 0 radical (unpaired) electrons. The Morgan fingerprint density at radius 2 is 1.38 bits per heavy atom. The van der Waals surface area contributed by atoms with Crippen molar-refractivity contribution in [1.82, 2.24) is 5.32 Å². The highest BCUT2D eigenvalue weighted by molar-refractivity contribution is 7.99. The minimum absolute atomic E-state index is 0.277. The third-order valence-electron chi connectivity index (χ3n) is 3.00. The van der Waals surface area contributed by atoms with Gasteiger partial charge in [-0.05, 0) is 41.5 Å². The first-order chi connectivity index (χ1) is 13.1. The molecule has 0 fully saturated rings. The van der Waals surface area contributed by atoms with E-state index in [-0.39, 0.29) is 5.75 Å². The number of rotatable bonds is 10. The van der Waals surface area contributed by atoms with Crippen LogP contribution in [0.4, 0.5) is 4.79 Å². The van der Waals surface area contributed by atoms with Crippen LogP contribution in [0.1, 0.15) is 41.5 Å². The van der Waals surface area contributed by atoms with Crippen LogP contribution >= 0.6 is 11.8 Å². The van der Waals surface area contributed by atoms with E-state index in [4.69, 9.17) is 19.3 Å². The summed E-state index contributed by atoms with van der Waals surface area (Å²) in [6.07, 6.45) is -1.12. The molecule has 0 aromatic rings. The molecule has 0 heterocycles. The van der Waals surface area contributed by atoms with Gasteiger partial charge in [0.2, 0.25) is 12.4 Å². The molecular formula is C17H29NO10S. The van der Waals surface area contributed by atoms with Crippen LogP contribution in [0.2, 0.25) is 0 Å². The normalized spacial score (nSPS) is 13.8. The smallest absolute Gasteiger partial charge is 0.410 e. The molecule has 0 aliphatic carbocycles. The van der Waals surface area contributed by atoms with Crippen molar-refractivity contribution in [3.05, 3.63) is 0 Å². The van der Waals surface area contributed by atoms with Crippen LogP contribution in [-0.2, 0) is 33.3 Å². The predicted octanol–water partition coefficient (Wildman–Crippen LogP) is 1.29. The van der Waals surface area contributed by atoms with E-state index in [1.807, 2.05) is 0 Å². The van der Waals surface area contributed by atoms with E-state index in [9.17, 15) is 24.3 Å². The van der Waals surface area contributed by atoms with E-state index in [0.29, 0.717) is 11.8 Å². The number of esters is 2. The minimum atomic E-state index is -1.49. The second-order valence-corrected chi connectivity index (χ2v) is 8.94. The number of nitrogens with one attached hydrogen (secondary N) is 1. The van der Waals surface area contributed by atoms with Crippen LogP contribution in [0.3, 0.4) is 0 Å². The summed E-state index contributed by atoms with van der Waals surface area (Å²) in [4.78, 5) is 45.9. The Labute approximate surface area is 173 Å². The van der Waals surface area contributed by atoms with Gasteiger partial charge in [-0.2, -0.15) is 0 Å². The zero-order valence-corrected chi connectivity index (χ0v) is 18.2. The van der Waals surface area contributed by atoms with Gasteiger partial charge in [-0.15, -0.1) is 0 Å². The number of amides is 1. The van der Waals surface area contributed by atoms with Gasteiger partial charge in [-0.3, -0.25) is 9.59 Å². The minimum Gasteiger partial charge on any atom is -0.480 e. The summed E-state index contributed by atoms with van der Waals surface area (Å²) in [6, 6.07) is -1.42. The number of carboxylic acids is 1. The number of aliphatic carboxylic acids is 1. The SMILES string of the molecule is CC(C)(C)C(=O)OCOC(=O)N[C@@H](CSC(O)OCOC(=O)C(C)(C)C)C(=O)O. The van der Waals surface area contributed by atoms with Crippen molar-refractivity contribution in [3.8, 4) is 0 Å². The van der Waals surface area contributed by atoms with Gasteiger partial charge in [0.05, 0.1) is 10.8 Å². The van der Waals surface area contributed by atoms with Crippen LogP contribution in [0.5, 0.6) is 0 Å². The molecule has 0 aromatic heterocycles. The highest BCUT2D eigenvalue weighted by Crippen LogP contribution is 2.17. The lowest BCUT2D eigenvalue weighted by atomic mass is 9.97. The van der Waals surface area contributed by atoms with Crippen molar-refractivity contribution in [1.29, 1.82) is 0 Å². The third kappa shape index (κ3) is 12.2. The van der Waals surface area contributed by atoms with Crippen LogP contribution in [0.25, 0.3) is 0 Å². The van der Waals surface area contributed by atoms with Crippen molar-refractivity contribution >= 4 is 35.8 Å². The van der Waals surface area contributed by atoms with Crippen LogP contribution < -0.4 is 5.32 Å². The number of carboxylic acid groups (broad SMARTS) is 1. The van der Waals surface area contributed by atoms with Crippen LogP contribution in [0, 0.1) is 10.8 Å². The summed E-state index contributed by atoms with van der Waals surface area (Å²) in [5.41, 5.74) is -3.01. The lowest BCUT2D eigenvalue weighted by Crippen LogP contribution is -2.43. The zero-order chi connectivity index (χ0) is 22.8. The summed E-state index contributed by atoms with van der Waals surface area (Å²) >= 11 is 0.652. The first kappa shape index (κ1) is 27.0. The molecule has 3 N–H and O–H groups in total. The molecule has 12 heteroatoms. The monoisotopic (exact) mass is 439 g/mol. The number of thioether (sulfide) groups is 1. The average Bonchev–Trinajstić information content (AvgIpc) is 2.56. The van der Waals surface area contributed by atoms with Gasteiger partial charge < -0.3 is 34.5 Å². The number of carbonyl (C=O) groups is 4. The van der Waals surface area contributed by atoms with Gasteiger partial charge in [-0.25, -0.2) is 9.59 Å². The molecule has 0 bridgehead atoms. The number of ether oxygens (including phenoxy) is 4. The lowest BCUT2D eigenvalue weighted by Gasteiger charge is -2.19. The van der Waals surface area contributed by atoms with Crippen molar-refractivity contribution in [2.75, 3.05) is 19.3 Å². The van der Waals surface area contributed by atoms with Crippen molar-refractivity contribution in [2.24, 2.45) is 10.8 Å². The molecule has 1 amide bonds. The number of aliphatic hydroxyl groups excluding tert-OH is 1. The number of aliphatic hydroxyl groups is 1. The van der Waals surface area contributed by atoms with Crippen molar-refractivity contribution in [2.45, 2.75) is 53.2 Å². The summed E-state index contributed by atoms with van der Waals surface area (Å²) in [5, 5.41) is 20.9. The van der Waals surface area contributed by atoms with E-state index in [0.717, 1.165) is 0 Å². The molecule has 29 heavy (non-hydrogen) atoms. The molecule has 0 aliphatic rings. The number of hydrogen-bond donors (Lipinski definition) is 3. The van der Waals surface area contributed by atoms with Gasteiger partial charge in [0.15, 0.2) is 6.79 Å². The first-order valence-electron chi connectivity index (χ1n) is 8.56. The largest absolute Gasteiger partial charge is 0.480 e. The number of carbonyl (C=O) groups excluding carboxylic acids is 3. The Hall–Kier alpha value is -2.05. The lowest BCUT2D eigenvalue weighted by molar-refractivity contribution is -0.176. The Morgan fingerprint density at radius 3 is 1.83 bits per heavy atom.